The molecule has 1 atom stereocenters. The molecule has 0 saturated carbocycles. The van der Waals surface area contributed by atoms with Crippen molar-refractivity contribution in [1.29, 1.82) is 0 Å². The molecule has 2 fully saturated rings. The predicted octanol–water partition coefficient (Wildman–Crippen LogP) is 1.63. The molecule has 0 bridgehead atoms. The Morgan fingerprint density at radius 2 is 1.74 bits per heavy atom. The lowest BCUT2D eigenvalue weighted by Crippen LogP contribution is -2.54. The smallest absolute Gasteiger partial charge is 0.264 e. The first-order valence-corrected chi connectivity index (χ1v) is 21.0. The van der Waals surface area contributed by atoms with Crippen molar-refractivity contribution in [2.45, 2.75) is 51.1 Å². The van der Waals surface area contributed by atoms with Crippen molar-refractivity contribution in [1.82, 2.24) is 29.8 Å². The summed E-state index contributed by atoms with van der Waals surface area (Å²) < 4.78 is 33.6. The van der Waals surface area contributed by atoms with Crippen LogP contribution in [0, 0.1) is 6.92 Å². The number of halogens is 1. The predicted molar refractivity (Wildman–Crippen MR) is 215 cm³/mol. The van der Waals surface area contributed by atoms with Gasteiger partial charge in [0.25, 0.3) is 17.7 Å². The van der Waals surface area contributed by atoms with E-state index in [0.29, 0.717) is 46.0 Å². The standard InChI is InChI=1S/C37H43BrN10O9S/c1-21-4-2-7-26(30(21)32(39)51)44-33-24(38)20-42-37(46-33)43-22-10-15-47(16-11-22)58(55,56)19-14-41-28(49)12-17-57-18-13-40-25-6-3-5-23-31(25)36(54)48(35(23)53)27-8-9-29(50)45-34(27)52/h2-7,20,22,27,40H,8-19H2,1H3,(H2,39,51)(H,41,49)(H,45,50,52)(H2,42,43,44,46). The van der Waals surface area contributed by atoms with E-state index < -0.39 is 45.6 Å². The van der Waals surface area contributed by atoms with E-state index in [1.54, 1.807) is 43.5 Å². The molecule has 3 aliphatic rings. The highest BCUT2D eigenvalue weighted by molar-refractivity contribution is 9.10. The monoisotopic (exact) mass is 882 g/mol. The number of primary amides is 1. The normalized spacial score (nSPS) is 17.5. The lowest BCUT2D eigenvalue weighted by molar-refractivity contribution is -0.136. The first-order chi connectivity index (χ1) is 27.7. The van der Waals surface area contributed by atoms with E-state index in [1.807, 2.05) is 0 Å². The quantitative estimate of drug-likeness (QED) is 0.0832. The van der Waals surface area contributed by atoms with Gasteiger partial charge in [-0.15, -0.1) is 0 Å². The summed E-state index contributed by atoms with van der Waals surface area (Å²) in [5, 5.41) is 14.3. The molecule has 6 rings (SSSR count). The van der Waals surface area contributed by atoms with Crippen molar-refractivity contribution < 1.29 is 41.9 Å². The molecule has 308 valence electrons. The number of nitrogens with one attached hydrogen (secondary N) is 5. The summed E-state index contributed by atoms with van der Waals surface area (Å²) in [5.41, 5.74) is 7.83. The molecule has 3 aliphatic heterocycles. The van der Waals surface area contributed by atoms with E-state index in [4.69, 9.17) is 10.5 Å². The summed E-state index contributed by atoms with van der Waals surface area (Å²) in [4.78, 5) is 84.4. The molecule has 58 heavy (non-hydrogen) atoms. The molecule has 0 aliphatic carbocycles. The lowest BCUT2D eigenvalue weighted by Gasteiger charge is -2.31. The molecule has 21 heteroatoms. The van der Waals surface area contributed by atoms with Crippen LogP contribution in [0.1, 0.15) is 68.7 Å². The van der Waals surface area contributed by atoms with Gasteiger partial charge in [0.05, 0.1) is 45.8 Å². The van der Waals surface area contributed by atoms with Crippen molar-refractivity contribution in [3.8, 4) is 0 Å². The molecule has 3 aromatic rings. The second-order valence-electron chi connectivity index (χ2n) is 13.8. The Balaban J connectivity index is 0.877. The Morgan fingerprint density at radius 3 is 2.48 bits per heavy atom. The molecule has 2 saturated heterocycles. The van der Waals surface area contributed by atoms with Gasteiger partial charge in [0.1, 0.15) is 11.9 Å². The van der Waals surface area contributed by atoms with E-state index in [0.717, 1.165) is 10.5 Å². The topological polar surface area (TPSA) is 264 Å². The number of piperidine rings is 2. The number of nitrogens with two attached hydrogens (primary N) is 1. The highest BCUT2D eigenvalue weighted by Crippen LogP contribution is 2.33. The summed E-state index contributed by atoms with van der Waals surface area (Å²) >= 11 is 3.43. The molecule has 0 radical (unpaired) electrons. The number of hydrogen-bond donors (Lipinski definition) is 6. The number of sulfonamides is 1. The summed E-state index contributed by atoms with van der Waals surface area (Å²) in [5.74, 6) is -2.83. The molecule has 7 N–H and O–H groups in total. The fourth-order valence-corrected chi connectivity index (χ4v) is 8.61. The Kier molecular flexibility index (Phi) is 13.3. The van der Waals surface area contributed by atoms with Crippen LogP contribution in [-0.4, -0.2) is 120 Å². The molecule has 2 aromatic carbocycles. The number of fused-ring (bicyclic) bond motifs is 1. The highest BCUT2D eigenvalue weighted by atomic mass is 79.9. The third-order valence-corrected chi connectivity index (χ3v) is 12.3. The van der Waals surface area contributed by atoms with E-state index in [1.165, 1.54) is 10.4 Å². The zero-order valence-corrected chi connectivity index (χ0v) is 33.9. The molecule has 19 nitrogen and oxygen atoms in total. The maximum Gasteiger partial charge on any atom is 0.264 e. The molecule has 4 heterocycles. The van der Waals surface area contributed by atoms with Crippen molar-refractivity contribution in [2.75, 3.05) is 61.1 Å². The van der Waals surface area contributed by atoms with Crippen molar-refractivity contribution in [2.24, 2.45) is 5.73 Å². The Labute approximate surface area is 342 Å². The third-order valence-electron chi connectivity index (χ3n) is 9.88. The van der Waals surface area contributed by atoms with Crippen LogP contribution >= 0.6 is 15.9 Å². The van der Waals surface area contributed by atoms with E-state index in [2.05, 4.69) is 52.5 Å². The number of anilines is 4. The van der Waals surface area contributed by atoms with Gasteiger partial charge in [-0.25, -0.2) is 17.7 Å². The average Bonchev–Trinajstić information content (AvgIpc) is 3.43. The number of hydrogen-bond acceptors (Lipinski definition) is 14. The van der Waals surface area contributed by atoms with Gasteiger partial charge in [-0.2, -0.15) is 4.98 Å². The van der Waals surface area contributed by atoms with Crippen molar-refractivity contribution in [3.63, 3.8) is 0 Å². The SMILES string of the molecule is Cc1cccc(Nc2nc(NC3CCN(S(=O)(=O)CCNC(=O)CCOCCNc4cccc5c4C(=O)N(C4CCC(=O)NC4=O)C5=O)CC3)ncc2Br)c1C(N)=O. The van der Waals surface area contributed by atoms with E-state index in [-0.39, 0.29) is 87.5 Å². The van der Waals surface area contributed by atoms with Gasteiger partial charge in [-0.3, -0.25) is 39.0 Å². The average molecular weight is 884 g/mol. The second kappa shape index (κ2) is 18.4. The summed E-state index contributed by atoms with van der Waals surface area (Å²) in [6.07, 6.45) is 2.66. The molecule has 1 unspecified atom stereocenters. The maximum absolute atomic E-state index is 13.2. The zero-order valence-electron chi connectivity index (χ0n) is 31.5. The Morgan fingerprint density at radius 1 is 1.00 bits per heavy atom. The lowest BCUT2D eigenvalue weighted by atomic mass is 10.0. The van der Waals surface area contributed by atoms with Crippen molar-refractivity contribution in [3.05, 3.63) is 69.3 Å². The number of nitrogens with zero attached hydrogens (tertiary/aromatic N) is 4. The van der Waals surface area contributed by atoms with Crippen LogP contribution < -0.4 is 32.3 Å². The molecular formula is C37H43BrN10O9S. The summed E-state index contributed by atoms with van der Waals surface area (Å²) in [6.45, 7) is 2.73. The Hall–Kier alpha value is -5.51. The van der Waals surface area contributed by atoms with E-state index >= 15 is 0 Å². The van der Waals surface area contributed by atoms with Crippen LogP contribution in [0.15, 0.2) is 47.1 Å². The minimum atomic E-state index is -3.64. The number of imide groups is 2. The fraction of sp³-hybridized carbons (Fsp3) is 0.405. The summed E-state index contributed by atoms with van der Waals surface area (Å²) in [6, 6.07) is 8.89. The van der Waals surface area contributed by atoms with E-state index in [9.17, 15) is 37.2 Å². The molecular weight excluding hydrogens is 840 g/mol. The van der Waals surface area contributed by atoms with Crippen LogP contribution in [0.5, 0.6) is 0 Å². The molecule has 0 spiro atoms. The minimum absolute atomic E-state index is 0.00158. The van der Waals surface area contributed by atoms with Gasteiger partial charge < -0.3 is 31.7 Å². The minimum Gasteiger partial charge on any atom is -0.382 e. The van der Waals surface area contributed by atoms with Gasteiger partial charge in [0.2, 0.25) is 33.7 Å². The molecule has 1 aromatic heterocycles. The van der Waals surface area contributed by atoms with Crippen molar-refractivity contribution >= 4 is 84.5 Å². The number of ether oxygens (including phenoxy) is 1. The first-order valence-electron chi connectivity index (χ1n) is 18.6. The third kappa shape index (κ3) is 9.77. The maximum atomic E-state index is 13.2. The van der Waals surface area contributed by atoms with Gasteiger partial charge in [0, 0.05) is 56.9 Å². The van der Waals surface area contributed by atoms with Crippen LogP contribution in [-0.2, 0) is 29.1 Å². The number of benzene rings is 2. The van der Waals surface area contributed by atoms with Gasteiger partial charge in [-0.1, -0.05) is 18.2 Å². The van der Waals surface area contributed by atoms with Crippen LogP contribution in [0.3, 0.4) is 0 Å². The fourth-order valence-electron chi connectivity index (χ4n) is 6.94. The number of aryl methyl sites for hydroxylation is 1. The highest BCUT2D eigenvalue weighted by Gasteiger charge is 2.45. The van der Waals surface area contributed by atoms with Crippen LogP contribution in [0.4, 0.5) is 23.1 Å². The van der Waals surface area contributed by atoms with Gasteiger partial charge >= 0.3 is 0 Å². The summed E-state index contributed by atoms with van der Waals surface area (Å²) in [7, 11) is -3.64. The number of rotatable bonds is 17. The molecule has 6 amide bonds. The van der Waals surface area contributed by atoms with Gasteiger partial charge in [0.15, 0.2) is 0 Å². The zero-order chi connectivity index (χ0) is 41.6. The number of carbonyl (C=O) groups excluding carboxylic acids is 6. The number of carbonyl (C=O) groups is 6. The second-order valence-corrected chi connectivity index (χ2v) is 16.8. The Bertz CT molecular complexity index is 2230. The largest absolute Gasteiger partial charge is 0.382 e. The van der Waals surface area contributed by atoms with Gasteiger partial charge in [-0.05, 0) is 65.9 Å². The number of amides is 6. The van der Waals surface area contributed by atoms with Crippen LogP contribution in [0.2, 0.25) is 0 Å². The van der Waals surface area contributed by atoms with Crippen LogP contribution in [0.25, 0.3) is 0 Å². The number of aromatic nitrogens is 2. The first kappa shape index (κ1) is 42.1.